The predicted octanol–water partition coefficient (Wildman–Crippen LogP) is 3.52. The van der Waals surface area contributed by atoms with E-state index in [9.17, 15) is 9.59 Å². The van der Waals surface area contributed by atoms with E-state index in [-0.39, 0.29) is 17.3 Å². The van der Waals surface area contributed by atoms with Crippen LogP contribution in [-0.4, -0.2) is 10.9 Å². The Labute approximate surface area is 114 Å². The Kier molecular flexibility index (Phi) is 3.09. The van der Waals surface area contributed by atoms with Gasteiger partial charge in [0.2, 0.25) is 5.12 Å². The summed E-state index contributed by atoms with van der Waals surface area (Å²) in [6.45, 7) is 0. The second kappa shape index (κ2) is 4.90. The summed E-state index contributed by atoms with van der Waals surface area (Å²) < 4.78 is 5.66. The number of carbonyl (C=O) groups is 2. The molecule has 0 spiro atoms. The topological polar surface area (TPSA) is 47.3 Å². The van der Waals surface area contributed by atoms with Crippen molar-refractivity contribution in [1.29, 1.82) is 0 Å². The number of benzene rings is 1. The second-order valence-corrected chi connectivity index (χ2v) is 5.25. The molecule has 1 aliphatic heterocycles. The van der Waals surface area contributed by atoms with Crippen LogP contribution in [0, 0.1) is 0 Å². The van der Waals surface area contributed by atoms with Crippen LogP contribution in [0.4, 0.5) is 0 Å². The molecule has 4 heteroatoms. The van der Waals surface area contributed by atoms with Crippen LogP contribution in [0.3, 0.4) is 0 Å². The zero-order valence-corrected chi connectivity index (χ0v) is 10.8. The molecule has 0 amide bonds. The highest BCUT2D eigenvalue weighted by Gasteiger charge is 2.26. The first-order chi connectivity index (χ1) is 9.22. The van der Waals surface area contributed by atoms with Gasteiger partial charge in [-0.15, -0.1) is 0 Å². The molecule has 3 nitrogen and oxygen atoms in total. The summed E-state index contributed by atoms with van der Waals surface area (Å²) >= 11 is 0.986. The van der Waals surface area contributed by atoms with Gasteiger partial charge in [0.25, 0.3) is 0 Å². The van der Waals surface area contributed by atoms with Gasteiger partial charge in [-0.05, 0) is 30.0 Å². The number of hydrogen-bond acceptors (Lipinski definition) is 4. The summed E-state index contributed by atoms with van der Waals surface area (Å²) in [4.78, 5) is 23.1. The number of rotatable bonds is 2. The van der Waals surface area contributed by atoms with Crippen molar-refractivity contribution in [3.8, 4) is 11.3 Å². The minimum absolute atomic E-state index is 0.0112. The van der Waals surface area contributed by atoms with Gasteiger partial charge < -0.3 is 4.42 Å². The van der Waals surface area contributed by atoms with Gasteiger partial charge in [-0.25, -0.2) is 0 Å². The van der Waals surface area contributed by atoms with Gasteiger partial charge in [-0.2, -0.15) is 0 Å². The third-order valence-corrected chi connectivity index (χ3v) is 3.70. The third kappa shape index (κ3) is 2.53. The maximum Gasteiger partial charge on any atom is 0.201 e. The van der Waals surface area contributed by atoms with Crippen molar-refractivity contribution in [2.45, 2.75) is 6.42 Å². The van der Waals surface area contributed by atoms with E-state index in [4.69, 9.17) is 4.42 Å². The summed E-state index contributed by atoms with van der Waals surface area (Å²) in [5.41, 5.74) is 0.980. The van der Waals surface area contributed by atoms with Crippen LogP contribution in [-0.2, 0) is 9.59 Å². The van der Waals surface area contributed by atoms with Crippen LogP contribution >= 0.6 is 11.8 Å². The van der Waals surface area contributed by atoms with E-state index in [0.29, 0.717) is 10.7 Å². The smallest absolute Gasteiger partial charge is 0.201 e. The first kappa shape index (κ1) is 12.0. The van der Waals surface area contributed by atoms with Gasteiger partial charge in [0.15, 0.2) is 5.78 Å². The SMILES string of the molecule is O=C1CC(=O)/C(=C/c2ccc(-c3ccccc3)o2)S1. The lowest BCUT2D eigenvalue weighted by Crippen LogP contribution is -1.91. The fraction of sp³-hybridized carbons (Fsp3) is 0.0667. The number of allylic oxidation sites excluding steroid dienone is 1. The summed E-state index contributed by atoms with van der Waals surface area (Å²) in [5.74, 6) is 1.20. The molecule has 0 saturated carbocycles. The molecule has 1 aliphatic rings. The number of ketones is 1. The number of furan rings is 1. The average molecular weight is 270 g/mol. The molecule has 0 N–H and O–H groups in total. The number of hydrogen-bond donors (Lipinski definition) is 0. The van der Waals surface area contributed by atoms with Crippen LogP contribution < -0.4 is 0 Å². The Morgan fingerprint density at radius 2 is 1.84 bits per heavy atom. The molecule has 3 rings (SSSR count). The van der Waals surface area contributed by atoms with Crippen LogP contribution in [0.1, 0.15) is 12.2 Å². The van der Waals surface area contributed by atoms with Crippen molar-refractivity contribution in [1.82, 2.24) is 0 Å². The lowest BCUT2D eigenvalue weighted by atomic mass is 10.2. The molecule has 0 unspecified atom stereocenters. The van der Waals surface area contributed by atoms with Crippen molar-refractivity contribution in [3.05, 3.63) is 53.1 Å². The third-order valence-electron chi connectivity index (χ3n) is 2.76. The molecule has 2 aromatic rings. The molecule has 0 atom stereocenters. The van der Waals surface area contributed by atoms with E-state index in [1.165, 1.54) is 0 Å². The molecule has 0 bridgehead atoms. The summed E-state index contributed by atoms with van der Waals surface area (Å²) in [5, 5.41) is -0.105. The van der Waals surface area contributed by atoms with E-state index in [0.717, 1.165) is 23.1 Å². The molecule has 94 valence electrons. The van der Waals surface area contributed by atoms with E-state index >= 15 is 0 Å². The zero-order valence-electron chi connectivity index (χ0n) is 9.96. The molecular weight excluding hydrogens is 260 g/mol. The van der Waals surface area contributed by atoms with Crippen LogP contribution in [0.5, 0.6) is 0 Å². The first-order valence-corrected chi connectivity index (χ1v) is 6.65. The van der Waals surface area contributed by atoms with Gasteiger partial charge in [0.1, 0.15) is 11.5 Å². The molecule has 0 aliphatic carbocycles. The van der Waals surface area contributed by atoms with Crippen molar-refractivity contribution < 1.29 is 14.0 Å². The molecule has 1 aromatic carbocycles. The Hall–Kier alpha value is -2.07. The first-order valence-electron chi connectivity index (χ1n) is 5.83. The van der Waals surface area contributed by atoms with Crippen LogP contribution in [0.25, 0.3) is 17.4 Å². The Morgan fingerprint density at radius 3 is 2.53 bits per heavy atom. The Bertz CT molecular complexity index is 668. The number of thioether (sulfide) groups is 1. The molecule has 1 saturated heterocycles. The Morgan fingerprint density at radius 1 is 1.05 bits per heavy atom. The van der Waals surface area contributed by atoms with E-state index in [2.05, 4.69) is 0 Å². The van der Waals surface area contributed by atoms with E-state index < -0.39 is 0 Å². The van der Waals surface area contributed by atoms with Crippen LogP contribution in [0.2, 0.25) is 0 Å². The van der Waals surface area contributed by atoms with Crippen molar-refractivity contribution in [2.75, 3.05) is 0 Å². The van der Waals surface area contributed by atoms with Crippen LogP contribution in [0.15, 0.2) is 51.8 Å². The highest BCUT2D eigenvalue weighted by atomic mass is 32.2. The van der Waals surface area contributed by atoms with E-state index in [1.807, 2.05) is 36.4 Å². The molecule has 1 fully saturated rings. The summed E-state index contributed by atoms with van der Waals surface area (Å²) in [6, 6.07) is 13.4. The van der Waals surface area contributed by atoms with Gasteiger partial charge in [0.05, 0.1) is 11.3 Å². The van der Waals surface area contributed by atoms with E-state index in [1.54, 1.807) is 12.1 Å². The van der Waals surface area contributed by atoms with Crippen molar-refractivity contribution >= 4 is 28.7 Å². The maximum absolute atomic E-state index is 11.5. The Balaban J connectivity index is 1.89. The van der Waals surface area contributed by atoms with Gasteiger partial charge in [-0.1, -0.05) is 30.3 Å². The second-order valence-electron chi connectivity index (χ2n) is 4.15. The fourth-order valence-corrected chi connectivity index (χ4v) is 2.67. The van der Waals surface area contributed by atoms with Crippen molar-refractivity contribution in [2.24, 2.45) is 0 Å². The maximum atomic E-state index is 11.5. The molecular formula is C15H10O3S. The van der Waals surface area contributed by atoms with Crippen molar-refractivity contribution in [3.63, 3.8) is 0 Å². The predicted molar refractivity (Wildman–Crippen MR) is 74.3 cm³/mol. The van der Waals surface area contributed by atoms with Gasteiger partial charge in [-0.3, -0.25) is 9.59 Å². The van der Waals surface area contributed by atoms with Gasteiger partial charge in [0, 0.05) is 5.56 Å². The lowest BCUT2D eigenvalue weighted by Gasteiger charge is -1.95. The molecule has 2 heterocycles. The standard InChI is InChI=1S/C15H10O3S/c16-12-9-15(17)19-14(12)8-11-6-7-13(18-11)10-4-2-1-3-5-10/h1-8H,9H2/b14-8-. The highest BCUT2D eigenvalue weighted by molar-refractivity contribution is 8.18. The monoisotopic (exact) mass is 270 g/mol. The fourth-order valence-electron chi connectivity index (χ4n) is 1.86. The molecule has 0 radical (unpaired) electrons. The average Bonchev–Trinajstić information content (AvgIpc) is 2.99. The quantitative estimate of drug-likeness (QED) is 0.618. The molecule has 19 heavy (non-hydrogen) atoms. The summed E-state index contributed by atoms with van der Waals surface area (Å²) in [7, 11) is 0. The molecule has 1 aromatic heterocycles. The summed E-state index contributed by atoms with van der Waals surface area (Å²) in [6.07, 6.45) is 1.62. The lowest BCUT2D eigenvalue weighted by molar-refractivity contribution is -0.119. The normalized spacial score (nSPS) is 17.4. The highest BCUT2D eigenvalue weighted by Crippen LogP contribution is 2.31. The minimum atomic E-state index is -0.132. The number of Topliss-reactive ketones (excluding diaryl/α,β-unsaturated/α-hetero) is 1. The van der Waals surface area contributed by atoms with Gasteiger partial charge >= 0.3 is 0 Å². The minimum Gasteiger partial charge on any atom is -0.457 e. The number of carbonyl (C=O) groups excluding carboxylic acids is 2. The largest absolute Gasteiger partial charge is 0.457 e. The zero-order chi connectivity index (χ0) is 13.2.